The smallest absolute Gasteiger partial charge is 0.298 e. The number of nitrogens with one attached hydrogen (secondary N) is 3. The van der Waals surface area contributed by atoms with Crippen LogP contribution in [0.5, 0.6) is 0 Å². The van der Waals surface area contributed by atoms with Gasteiger partial charge in [-0.15, -0.1) is 0 Å². The van der Waals surface area contributed by atoms with Gasteiger partial charge in [0.1, 0.15) is 0 Å². The lowest BCUT2D eigenvalue weighted by Gasteiger charge is -2.45. The number of aromatic nitrogens is 2. The number of imidazole rings is 1. The van der Waals surface area contributed by atoms with Crippen LogP contribution in [0.3, 0.4) is 0 Å². The summed E-state index contributed by atoms with van der Waals surface area (Å²) in [5.74, 6) is 5.57. The van der Waals surface area contributed by atoms with Gasteiger partial charge < -0.3 is 15.2 Å². The van der Waals surface area contributed by atoms with Gasteiger partial charge in [-0.25, -0.2) is 4.98 Å². The van der Waals surface area contributed by atoms with E-state index in [-0.39, 0.29) is 23.4 Å². The lowest BCUT2D eigenvalue weighted by molar-refractivity contribution is -0.128. The average Bonchev–Trinajstić information content (AvgIpc) is 3.10. The zero-order chi connectivity index (χ0) is 18.7. The number of rotatable bonds is 3. The summed E-state index contributed by atoms with van der Waals surface area (Å²) in [7, 11) is 0. The first kappa shape index (κ1) is 18.5. The van der Waals surface area contributed by atoms with Crippen LogP contribution < -0.4 is 10.6 Å². The van der Waals surface area contributed by atoms with E-state index in [4.69, 9.17) is 0 Å². The van der Waals surface area contributed by atoms with Gasteiger partial charge in [-0.3, -0.25) is 14.9 Å². The van der Waals surface area contributed by atoms with Crippen molar-refractivity contribution in [1.29, 1.82) is 0 Å². The number of piperidine rings is 1. The van der Waals surface area contributed by atoms with Crippen molar-refractivity contribution in [2.45, 2.75) is 51.6 Å². The molecule has 2 amide bonds. The Morgan fingerprint density at radius 3 is 2.81 bits per heavy atom. The molecule has 0 aromatic carbocycles. The molecule has 3 heterocycles. The second-order valence-electron chi connectivity index (χ2n) is 7.52. The summed E-state index contributed by atoms with van der Waals surface area (Å²) in [6.45, 7) is 7.70. The molecule has 1 spiro atoms. The van der Waals surface area contributed by atoms with Gasteiger partial charge in [-0.2, -0.15) is 0 Å². The number of carbonyl (C=O) groups is 2. The molecule has 0 radical (unpaired) electrons. The van der Waals surface area contributed by atoms with E-state index < -0.39 is 0 Å². The molecular formula is C19H27N5O2. The summed E-state index contributed by atoms with van der Waals surface area (Å²) in [6.07, 6.45) is 3.74. The van der Waals surface area contributed by atoms with E-state index in [9.17, 15) is 9.59 Å². The van der Waals surface area contributed by atoms with E-state index in [0.29, 0.717) is 32.0 Å². The molecule has 0 aliphatic carbocycles. The maximum atomic E-state index is 12.6. The molecule has 1 aromatic rings. The van der Waals surface area contributed by atoms with Gasteiger partial charge in [-0.1, -0.05) is 19.8 Å². The van der Waals surface area contributed by atoms with E-state index >= 15 is 0 Å². The Morgan fingerprint density at radius 1 is 1.42 bits per heavy atom. The number of amides is 2. The summed E-state index contributed by atoms with van der Waals surface area (Å²) in [4.78, 5) is 34.2. The zero-order valence-corrected chi connectivity index (χ0v) is 15.7. The summed E-state index contributed by atoms with van der Waals surface area (Å²) >= 11 is 0. The predicted octanol–water partition coefficient (Wildman–Crippen LogP) is 0.537. The fraction of sp³-hybridized carbons (Fsp3) is 0.632. The highest BCUT2D eigenvalue weighted by Crippen LogP contribution is 2.37. The fourth-order valence-corrected chi connectivity index (χ4v) is 3.79. The molecule has 3 N–H and O–H groups in total. The van der Waals surface area contributed by atoms with Crippen molar-refractivity contribution >= 4 is 11.8 Å². The summed E-state index contributed by atoms with van der Waals surface area (Å²) in [5.41, 5.74) is 1.63. The van der Waals surface area contributed by atoms with Crippen molar-refractivity contribution in [2.24, 2.45) is 5.92 Å². The normalized spacial score (nSPS) is 21.1. The molecule has 0 saturated carbocycles. The van der Waals surface area contributed by atoms with Crippen LogP contribution in [0.1, 0.15) is 45.0 Å². The first-order chi connectivity index (χ1) is 12.4. The lowest BCUT2D eigenvalue weighted by Crippen LogP contribution is -2.61. The van der Waals surface area contributed by atoms with E-state index in [0.717, 1.165) is 24.2 Å². The number of H-pyrrole nitrogens is 1. The molecule has 140 valence electrons. The molecule has 1 fully saturated rings. The quantitative estimate of drug-likeness (QED) is 0.689. The van der Waals surface area contributed by atoms with Crippen molar-refractivity contribution in [1.82, 2.24) is 25.5 Å². The Hall–Kier alpha value is -2.33. The van der Waals surface area contributed by atoms with Gasteiger partial charge in [0, 0.05) is 31.7 Å². The molecule has 2 aliphatic heterocycles. The maximum absolute atomic E-state index is 12.6. The number of likely N-dealkylation sites (tertiary alicyclic amines) is 1. The van der Waals surface area contributed by atoms with Gasteiger partial charge in [0.2, 0.25) is 5.91 Å². The van der Waals surface area contributed by atoms with Crippen LogP contribution in [-0.2, 0) is 21.5 Å². The molecule has 3 rings (SSSR count). The maximum Gasteiger partial charge on any atom is 0.298 e. The molecule has 7 nitrogen and oxygen atoms in total. The fourth-order valence-electron chi connectivity index (χ4n) is 3.79. The Kier molecular flexibility index (Phi) is 5.33. The van der Waals surface area contributed by atoms with Crippen LogP contribution in [0, 0.1) is 17.8 Å². The van der Waals surface area contributed by atoms with Crippen LogP contribution in [0.2, 0.25) is 0 Å². The number of aromatic amines is 1. The van der Waals surface area contributed by atoms with Gasteiger partial charge in [0.25, 0.3) is 5.91 Å². The minimum atomic E-state index is -0.371. The summed E-state index contributed by atoms with van der Waals surface area (Å²) in [6, 6.07) is -0.292. The van der Waals surface area contributed by atoms with Gasteiger partial charge >= 0.3 is 0 Å². The van der Waals surface area contributed by atoms with Crippen molar-refractivity contribution < 1.29 is 9.59 Å². The molecular weight excluding hydrogens is 330 g/mol. The third-order valence-electron chi connectivity index (χ3n) is 5.17. The predicted molar refractivity (Wildman–Crippen MR) is 98.0 cm³/mol. The molecule has 1 saturated heterocycles. The lowest BCUT2D eigenvalue weighted by atomic mass is 9.78. The van der Waals surface area contributed by atoms with E-state index in [2.05, 4.69) is 46.3 Å². The van der Waals surface area contributed by atoms with Crippen LogP contribution in [0.25, 0.3) is 0 Å². The second kappa shape index (κ2) is 7.50. The van der Waals surface area contributed by atoms with E-state index in [1.807, 2.05) is 0 Å². The highest BCUT2D eigenvalue weighted by molar-refractivity contribution is 5.93. The van der Waals surface area contributed by atoms with Crippen LogP contribution in [0.15, 0.2) is 6.33 Å². The van der Waals surface area contributed by atoms with Gasteiger partial charge in [-0.05, 0) is 31.6 Å². The summed E-state index contributed by atoms with van der Waals surface area (Å²) in [5, 5.41) is 6.58. The Morgan fingerprint density at radius 2 is 2.15 bits per heavy atom. The zero-order valence-electron chi connectivity index (χ0n) is 15.7. The average molecular weight is 357 g/mol. The highest BCUT2D eigenvalue weighted by atomic mass is 16.2. The van der Waals surface area contributed by atoms with Gasteiger partial charge in [0.15, 0.2) is 0 Å². The minimum absolute atomic E-state index is 0.0219. The van der Waals surface area contributed by atoms with Crippen molar-refractivity contribution in [3.05, 3.63) is 17.7 Å². The molecule has 1 atom stereocenters. The largest absolute Gasteiger partial charge is 0.354 e. The number of hydrogen-bond donors (Lipinski definition) is 3. The standard InChI is InChI=1S/C19H27N5O2/c1-4-5-16(25)24-8-6-19(7-9-24)17-14(21-12-22-17)10-15(23-19)18(26)20-11-13(2)3/h12-13,15,23H,6-11H2,1-3H3,(H,20,26)(H,21,22)/t15-/m0/s1. The Balaban J connectivity index is 1.75. The molecule has 0 bridgehead atoms. The van der Waals surface area contributed by atoms with Gasteiger partial charge in [0.05, 0.1) is 23.6 Å². The highest BCUT2D eigenvalue weighted by Gasteiger charge is 2.46. The first-order valence-corrected chi connectivity index (χ1v) is 9.25. The molecule has 26 heavy (non-hydrogen) atoms. The Bertz CT molecular complexity index is 735. The number of fused-ring (bicyclic) bond motifs is 2. The van der Waals surface area contributed by atoms with Crippen molar-refractivity contribution in [3.8, 4) is 11.8 Å². The van der Waals surface area contributed by atoms with E-state index in [1.54, 1.807) is 18.2 Å². The van der Waals surface area contributed by atoms with E-state index in [1.165, 1.54) is 0 Å². The Labute approximate surface area is 154 Å². The van der Waals surface area contributed by atoms with Crippen LogP contribution in [0.4, 0.5) is 0 Å². The monoisotopic (exact) mass is 357 g/mol. The third-order valence-corrected chi connectivity index (χ3v) is 5.17. The molecule has 0 unspecified atom stereocenters. The molecule has 1 aromatic heterocycles. The summed E-state index contributed by atoms with van der Waals surface area (Å²) < 4.78 is 0. The van der Waals surface area contributed by atoms with Crippen LogP contribution >= 0.6 is 0 Å². The van der Waals surface area contributed by atoms with Crippen molar-refractivity contribution in [2.75, 3.05) is 19.6 Å². The van der Waals surface area contributed by atoms with Crippen molar-refractivity contribution in [3.63, 3.8) is 0 Å². The minimum Gasteiger partial charge on any atom is -0.354 e. The SMILES string of the molecule is CC#CC(=O)N1CCC2(CC1)N[C@H](C(=O)NCC(C)C)Cc1[nH]cnc12. The topological polar surface area (TPSA) is 90.1 Å². The number of nitrogens with zero attached hydrogens (tertiary/aromatic N) is 2. The first-order valence-electron chi connectivity index (χ1n) is 9.25. The second-order valence-corrected chi connectivity index (χ2v) is 7.52. The third kappa shape index (κ3) is 3.61. The van der Waals surface area contributed by atoms with Crippen LogP contribution in [-0.4, -0.2) is 52.4 Å². The number of hydrogen-bond acceptors (Lipinski definition) is 4. The molecule has 7 heteroatoms. The number of carbonyl (C=O) groups excluding carboxylic acids is 2. The molecule has 2 aliphatic rings.